The van der Waals surface area contributed by atoms with E-state index in [9.17, 15) is 0 Å². The molecule has 0 spiro atoms. The molecule has 0 atom stereocenters. The summed E-state index contributed by atoms with van der Waals surface area (Å²) in [7, 11) is 0. The van der Waals surface area contributed by atoms with Gasteiger partial charge < -0.3 is 24.8 Å². The van der Waals surface area contributed by atoms with Gasteiger partial charge in [0.1, 0.15) is 0 Å². The van der Waals surface area contributed by atoms with Crippen LogP contribution >= 0.6 is 0 Å². The minimum atomic E-state index is -2.51. The van der Waals surface area contributed by atoms with Gasteiger partial charge in [-0.2, -0.15) is 0 Å². The second-order valence-corrected chi connectivity index (χ2v) is 17.0. The maximum absolute atomic E-state index is 2.51. The van der Waals surface area contributed by atoms with Gasteiger partial charge in [0.05, 0.1) is 0 Å². The molecule has 5 aromatic rings. The molecule has 0 fully saturated rings. The zero-order chi connectivity index (χ0) is 26.2. The second kappa shape index (κ2) is 12.8. The molecule has 0 heterocycles. The van der Waals surface area contributed by atoms with Gasteiger partial charge in [0.15, 0.2) is 0 Å². The van der Waals surface area contributed by atoms with Crippen LogP contribution in [0.4, 0.5) is 0 Å². The van der Waals surface area contributed by atoms with Crippen LogP contribution in [0, 0.1) is 0 Å². The van der Waals surface area contributed by atoms with E-state index in [-0.39, 0.29) is 24.8 Å². The van der Waals surface area contributed by atoms with Gasteiger partial charge in [-0.15, -0.1) is 0 Å². The van der Waals surface area contributed by atoms with Crippen molar-refractivity contribution in [1.29, 1.82) is 0 Å². The maximum Gasteiger partial charge on any atom is -1.00 e. The molecule has 200 valence electrons. The standard InChI is InChI=1S/C25H17.C8H8.C5H5.2ClH.Zr/c1-3-7-18(8-4-1)20-11-13-24-22(15-20)17-23-16-21(12-14-25(23)24)19-9-5-2-6-10-19;1-2-8-6-4-3-5-7-8;1-2-4-5-3-1;;;/h1-15H,17H2;3-7H,1H3;1-3H,4H2;2*1H;/q;;;;;+2/p-2. The molecule has 2 aliphatic carbocycles. The van der Waals surface area contributed by atoms with E-state index in [0.717, 1.165) is 12.8 Å². The third kappa shape index (κ3) is 5.57. The summed E-state index contributed by atoms with van der Waals surface area (Å²) < 4.78 is 4.94. The van der Waals surface area contributed by atoms with E-state index in [4.69, 9.17) is 0 Å². The van der Waals surface area contributed by atoms with E-state index in [2.05, 4.69) is 146 Å². The summed E-state index contributed by atoms with van der Waals surface area (Å²) >= 11 is -2.51. The summed E-state index contributed by atoms with van der Waals surface area (Å²) in [5, 5.41) is 0. The zero-order valence-corrected chi connectivity index (χ0v) is 26.9. The molecule has 2 aliphatic rings. The first-order valence-electron chi connectivity index (χ1n) is 13.8. The average Bonchev–Trinajstić information content (AvgIpc) is 3.67. The Morgan fingerprint density at radius 2 is 1.22 bits per heavy atom. The molecular formula is C38H30Cl2Zr. The molecule has 0 aromatic heterocycles. The van der Waals surface area contributed by atoms with Crippen LogP contribution in [-0.4, -0.2) is 3.21 Å². The topological polar surface area (TPSA) is 0 Å². The molecular weight excluding hydrogens is 619 g/mol. The van der Waals surface area contributed by atoms with E-state index in [1.165, 1.54) is 44.5 Å². The van der Waals surface area contributed by atoms with Crippen LogP contribution in [0.5, 0.6) is 0 Å². The fourth-order valence-corrected chi connectivity index (χ4v) is 14.2. The van der Waals surface area contributed by atoms with Gasteiger partial charge in [-0.25, -0.2) is 0 Å². The monoisotopic (exact) mass is 646 g/mol. The van der Waals surface area contributed by atoms with E-state index in [1.807, 2.05) is 0 Å². The average molecular weight is 649 g/mol. The Balaban J connectivity index is 0.00000169. The van der Waals surface area contributed by atoms with Gasteiger partial charge in [-0.3, -0.25) is 0 Å². The van der Waals surface area contributed by atoms with Crippen molar-refractivity contribution in [2.24, 2.45) is 0 Å². The van der Waals surface area contributed by atoms with Crippen molar-refractivity contribution in [1.82, 2.24) is 0 Å². The number of benzene rings is 5. The van der Waals surface area contributed by atoms with Crippen LogP contribution in [-0.2, 0) is 27.7 Å². The minimum absolute atomic E-state index is 0. The molecule has 0 radical (unpaired) electrons. The predicted molar refractivity (Wildman–Crippen MR) is 163 cm³/mol. The molecule has 0 aliphatic heterocycles. The van der Waals surface area contributed by atoms with E-state index in [1.54, 1.807) is 15.3 Å². The number of rotatable bonds is 5. The summed E-state index contributed by atoms with van der Waals surface area (Å²) in [5.74, 6) is 0. The quantitative estimate of drug-likeness (QED) is 0.270. The fourth-order valence-electron chi connectivity index (χ4n) is 6.28. The first-order chi connectivity index (χ1) is 19.3. The Morgan fingerprint density at radius 3 is 1.88 bits per heavy atom. The largest absolute Gasteiger partial charge is 1.00 e. The van der Waals surface area contributed by atoms with Crippen molar-refractivity contribution >= 4 is 6.48 Å². The van der Waals surface area contributed by atoms with E-state index in [0.29, 0.717) is 0 Å². The summed E-state index contributed by atoms with van der Waals surface area (Å²) in [6.45, 7) is 2.42. The Labute approximate surface area is 263 Å². The van der Waals surface area contributed by atoms with Crippen LogP contribution in [0.3, 0.4) is 0 Å². The molecule has 0 saturated heterocycles. The summed E-state index contributed by atoms with van der Waals surface area (Å²) in [6.07, 6.45) is 9.15. The van der Waals surface area contributed by atoms with Crippen LogP contribution in [0.25, 0.3) is 33.4 Å². The Hall–Kier alpha value is -3.09. The van der Waals surface area contributed by atoms with Crippen LogP contribution in [0.1, 0.15) is 30.0 Å². The Morgan fingerprint density at radius 1 is 0.610 bits per heavy atom. The van der Waals surface area contributed by atoms with Gasteiger partial charge in [-0.05, 0) is 0 Å². The van der Waals surface area contributed by atoms with Crippen molar-refractivity contribution in [3.8, 4) is 33.4 Å². The SMILES string of the molecule is C/[C](c1ccccc1)=[Zr+2](\[C]1=CC=CC1)[c]1c(-c2ccccc2)ccc2c1Cc1cc(-c3ccccc3)ccc1-2.[Cl-].[Cl-]. The molecule has 0 N–H and O–H groups in total. The van der Waals surface area contributed by atoms with Gasteiger partial charge >= 0.3 is 240 Å². The molecule has 0 saturated carbocycles. The number of fused-ring (bicyclic) bond motifs is 3. The molecule has 5 aromatic carbocycles. The zero-order valence-electron chi connectivity index (χ0n) is 22.9. The van der Waals surface area contributed by atoms with Crippen LogP contribution < -0.4 is 28.1 Å². The molecule has 3 heteroatoms. The Kier molecular flexibility index (Phi) is 9.20. The molecule has 0 amide bonds. The molecule has 0 bridgehead atoms. The number of hydrogen-bond acceptors (Lipinski definition) is 0. The summed E-state index contributed by atoms with van der Waals surface area (Å²) in [6, 6.07) is 44.9. The van der Waals surface area contributed by atoms with Crippen molar-refractivity contribution in [3.05, 3.63) is 160 Å². The van der Waals surface area contributed by atoms with Crippen LogP contribution in [0.2, 0.25) is 0 Å². The smallest absolute Gasteiger partial charge is 1.00 e. The van der Waals surface area contributed by atoms with E-state index < -0.39 is 21.3 Å². The normalized spacial score (nSPS) is 12.9. The molecule has 41 heavy (non-hydrogen) atoms. The van der Waals surface area contributed by atoms with E-state index >= 15 is 0 Å². The third-order valence-electron chi connectivity index (χ3n) is 8.19. The first kappa shape index (κ1) is 29.4. The molecule has 0 unspecified atom stereocenters. The first-order valence-corrected chi connectivity index (χ1v) is 17.5. The van der Waals surface area contributed by atoms with Gasteiger partial charge in [-0.1, -0.05) is 0 Å². The predicted octanol–water partition coefficient (Wildman–Crippen LogP) is 2.93. The van der Waals surface area contributed by atoms with Gasteiger partial charge in [0.25, 0.3) is 0 Å². The molecule has 0 nitrogen and oxygen atoms in total. The second-order valence-electron chi connectivity index (χ2n) is 10.5. The Bertz CT molecular complexity index is 1780. The van der Waals surface area contributed by atoms with Gasteiger partial charge in [0, 0.05) is 0 Å². The summed E-state index contributed by atoms with van der Waals surface area (Å²) in [4.78, 5) is 0. The fraction of sp³-hybridized carbons (Fsp3) is 0.0789. The number of allylic oxidation sites excluding steroid dienone is 4. The minimum Gasteiger partial charge on any atom is -1.00 e. The maximum atomic E-state index is 2.44. The summed E-state index contributed by atoms with van der Waals surface area (Å²) in [5.41, 5.74) is 12.6. The van der Waals surface area contributed by atoms with Crippen molar-refractivity contribution < 1.29 is 46.1 Å². The van der Waals surface area contributed by atoms with Crippen LogP contribution in [0.15, 0.2) is 143 Å². The third-order valence-corrected chi connectivity index (χ3v) is 15.9. The van der Waals surface area contributed by atoms with Gasteiger partial charge in [0.2, 0.25) is 0 Å². The van der Waals surface area contributed by atoms with Crippen molar-refractivity contribution in [2.75, 3.05) is 0 Å². The van der Waals surface area contributed by atoms with Crippen molar-refractivity contribution in [2.45, 2.75) is 19.8 Å². The number of hydrogen-bond donors (Lipinski definition) is 0. The van der Waals surface area contributed by atoms with Crippen molar-refractivity contribution in [3.63, 3.8) is 0 Å². The number of halogens is 2. The molecule has 7 rings (SSSR count).